The highest BCUT2D eigenvalue weighted by molar-refractivity contribution is 7.18. The van der Waals surface area contributed by atoms with Crippen molar-refractivity contribution in [1.29, 1.82) is 0 Å². The molecule has 0 unspecified atom stereocenters. The number of urea groups is 1. The maximum absolute atomic E-state index is 12.2. The summed E-state index contributed by atoms with van der Waals surface area (Å²) in [5, 5.41) is 4.05. The average Bonchev–Trinajstić information content (AvgIpc) is 2.97. The van der Waals surface area contributed by atoms with Gasteiger partial charge in [-0.05, 0) is 25.0 Å². The van der Waals surface area contributed by atoms with E-state index in [-0.39, 0.29) is 12.1 Å². The minimum absolute atomic E-state index is 0.00647. The third-order valence-corrected chi connectivity index (χ3v) is 5.11. The number of amides is 2. The van der Waals surface area contributed by atoms with E-state index >= 15 is 0 Å². The van der Waals surface area contributed by atoms with Gasteiger partial charge in [-0.3, -0.25) is 0 Å². The van der Waals surface area contributed by atoms with E-state index < -0.39 is 0 Å². The van der Waals surface area contributed by atoms with Crippen molar-refractivity contribution in [3.63, 3.8) is 0 Å². The van der Waals surface area contributed by atoms with Crippen LogP contribution in [0.15, 0.2) is 24.3 Å². The Kier molecular flexibility index (Phi) is 4.90. The predicted molar refractivity (Wildman–Crippen MR) is 88.3 cm³/mol. The van der Waals surface area contributed by atoms with Gasteiger partial charge in [0, 0.05) is 39.3 Å². The van der Waals surface area contributed by atoms with Gasteiger partial charge in [0.2, 0.25) is 0 Å². The molecule has 1 fully saturated rings. The van der Waals surface area contributed by atoms with Crippen molar-refractivity contribution in [1.82, 2.24) is 15.2 Å². The number of fused-ring (bicyclic) bond motifs is 1. The lowest BCUT2D eigenvalue weighted by molar-refractivity contribution is 0.0526. The molecule has 2 amide bonds. The zero-order chi connectivity index (χ0) is 15.4. The fourth-order valence-corrected chi connectivity index (χ4v) is 3.63. The van der Waals surface area contributed by atoms with Gasteiger partial charge in [0.25, 0.3) is 0 Å². The summed E-state index contributed by atoms with van der Waals surface area (Å²) >= 11 is 1.69. The average molecular weight is 319 g/mol. The van der Waals surface area contributed by atoms with Crippen LogP contribution in [-0.2, 0) is 11.2 Å². The summed E-state index contributed by atoms with van der Waals surface area (Å²) in [5.74, 6) is 0. The maximum atomic E-state index is 12.2. The number of ether oxygens (including phenoxy) is 1. The lowest BCUT2D eigenvalue weighted by Gasteiger charge is -2.31. The molecule has 1 N–H and O–H groups in total. The Morgan fingerprint density at radius 3 is 2.95 bits per heavy atom. The summed E-state index contributed by atoms with van der Waals surface area (Å²) in [5.41, 5.74) is 1.04. The number of carbonyl (C=O) groups excluding carboxylic acids is 1. The number of carbonyl (C=O) groups is 1. The van der Waals surface area contributed by atoms with Crippen LogP contribution in [0.1, 0.15) is 17.8 Å². The molecule has 0 bridgehead atoms. The molecule has 1 aliphatic heterocycles. The van der Waals surface area contributed by atoms with Gasteiger partial charge in [0.1, 0.15) is 0 Å². The number of nitrogens with zero attached hydrogens (tertiary/aromatic N) is 2. The standard InChI is InChI=1S/C16H21N3O2S/c1-19(12-7-10-21-11-8-12)16(20)17-9-6-15-18-13-4-2-3-5-14(13)22-15/h2-5,12H,6-11H2,1H3,(H,17,20). The van der Waals surface area contributed by atoms with Crippen molar-refractivity contribution in [2.24, 2.45) is 0 Å². The van der Waals surface area contributed by atoms with Crippen molar-refractivity contribution in [2.45, 2.75) is 25.3 Å². The van der Waals surface area contributed by atoms with Gasteiger partial charge >= 0.3 is 6.03 Å². The first kappa shape index (κ1) is 15.2. The van der Waals surface area contributed by atoms with E-state index in [1.807, 2.05) is 25.2 Å². The van der Waals surface area contributed by atoms with Crippen LogP contribution in [0, 0.1) is 0 Å². The van der Waals surface area contributed by atoms with Gasteiger partial charge in [-0.25, -0.2) is 9.78 Å². The molecule has 0 spiro atoms. The van der Waals surface area contributed by atoms with Crippen molar-refractivity contribution in [3.05, 3.63) is 29.3 Å². The number of para-hydroxylation sites is 1. The first-order chi connectivity index (χ1) is 10.7. The number of hydrogen-bond donors (Lipinski definition) is 1. The largest absolute Gasteiger partial charge is 0.381 e. The monoisotopic (exact) mass is 319 g/mol. The normalized spacial score (nSPS) is 15.9. The zero-order valence-electron chi connectivity index (χ0n) is 12.7. The molecule has 0 atom stereocenters. The van der Waals surface area contributed by atoms with Crippen molar-refractivity contribution in [3.8, 4) is 0 Å². The van der Waals surface area contributed by atoms with Crippen LogP contribution in [0.5, 0.6) is 0 Å². The predicted octanol–water partition coefficient (Wildman–Crippen LogP) is 2.66. The van der Waals surface area contributed by atoms with Crippen molar-refractivity contribution >= 4 is 27.6 Å². The minimum atomic E-state index is -0.00647. The molecule has 5 nitrogen and oxygen atoms in total. The van der Waals surface area contributed by atoms with Crippen molar-refractivity contribution in [2.75, 3.05) is 26.8 Å². The highest BCUT2D eigenvalue weighted by Gasteiger charge is 2.22. The SMILES string of the molecule is CN(C(=O)NCCc1nc2ccccc2s1)C1CCOCC1. The summed E-state index contributed by atoms with van der Waals surface area (Å²) in [7, 11) is 1.86. The molecule has 2 heterocycles. The lowest BCUT2D eigenvalue weighted by Crippen LogP contribution is -2.46. The van der Waals surface area contributed by atoms with E-state index in [4.69, 9.17) is 4.74 Å². The van der Waals surface area contributed by atoms with Gasteiger partial charge in [0.05, 0.1) is 15.2 Å². The van der Waals surface area contributed by atoms with Gasteiger partial charge in [-0.15, -0.1) is 11.3 Å². The summed E-state index contributed by atoms with van der Waals surface area (Å²) in [4.78, 5) is 18.5. The summed E-state index contributed by atoms with van der Waals surface area (Å²) in [6.45, 7) is 2.11. The molecule has 1 aromatic carbocycles. The van der Waals surface area contributed by atoms with Crippen LogP contribution in [0.25, 0.3) is 10.2 Å². The van der Waals surface area contributed by atoms with Crippen molar-refractivity contribution < 1.29 is 9.53 Å². The van der Waals surface area contributed by atoms with Crippen LogP contribution in [-0.4, -0.2) is 48.8 Å². The fraction of sp³-hybridized carbons (Fsp3) is 0.500. The lowest BCUT2D eigenvalue weighted by atomic mass is 10.1. The molecule has 3 rings (SSSR count). The third-order valence-electron chi connectivity index (χ3n) is 4.01. The molecule has 22 heavy (non-hydrogen) atoms. The minimum Gasteiger partial charge on any atom is -0.381 e. The second kappa shape index (κ2) is 7.07. The molecule has 6 heteroatoms. The van der Waals surface area contributed by atoms with E-state index in [1.54, 1.807) is 16.2 Å². The molecule has 118 valence electrons. The number of benzene rings is 1. The van der Waals surface area contributed by atoms with E-state index in [0.29, 0.717) is 6.54 Å². The fourth-order valence-electron chi connectivity index (χ4n) is 2.67. The Labute approximate surface area is 134 Å². The summed E-state index contributed by atoms with van der Waals surface area (Å²) < 4.78 is 6.53. The Balaban J connectivity index is 1.48. The van der Waals surface area contributed by atoms with Gasteiger partial charge < -0.3 is 15.0 Å². The molecule has 0 radical (unpaired) electrons. The van der Waals surface area contributed by atoms with Crippen LogP contribution in [0.3, 0.4) is 0 Å². The smallest absolute Gasteiger partial charge is 0.317 e. The first-order valence-electron chi connectivity index (χ1n) is 7.67. The quantitative estimate of drug-likeness (QED) is 0.942. The first-order valence-corrected chi connectivity index (χ1v) is 8.48. The van der Waals surface area contributed by atoms with Crippen LogP contribution in [0.4, 0.5) is 4.79 Å². The molecule has 2 aromatic rings. The second-order valence-corrected chi connectivity index (χ2v) is 6.63. The number of thiazole rings is 1. The molecule has 1 saturated heterocycles. The van der Waals surface area contributed by atoms with Gasteiger partial charge in [-0.1, -0.05) is 12.1 Å². The molecule has 0 saturated carbocycles. The Bertz CT molecular complexity index is 604. The highest BCUT2D eigenvalue weighted by Crippen LogP contribution is 2.21. The number of nitrogens with one attached hydrogen (secondary N) is 1. The molecular weight excluding hydrogens is 298 g/mol. The Morgan fingerprint density at radius 1 is 1.41 bits per heavy atom. The molecule has 1 aliphatic rings. The zero-order valence-corrected chi connectivity index (χ0v) is 13.6. The summed E-state index contributed by atoms with van der Waals surface area (Å²) in [6, 6.07) is 8.40. The summed E-state index contributed by atoms with van der Waals surface area (Å²) in [6.07, 6.45) is 2.61. The Hall–Kier alpha value is -1.66. The molecule has 0 aliphatic carbocycles. The second-order valence-electron chi connectivity index (χ2n) is 5.51. The van der Waals surface area contributed by atoms with Crippen LogP contribution < -0.4 is 5.32 Å². The number of hydrogen-bond acceptors (Lipinski definition) is 4. The number of rotatable bonds is 4. The number of aromatic nitrogens is 1. The highest BCUT2D eigenvalue weighted by atomic mass is 32.1. The van der Waals surface area contributed by atoms with Crippen LogP contribution in [0.2, 0.25) is 0 Å². The Morgan fingerprint density at radius 2 is 2.18 bits per heavy atom. The molecule has 1 aromatic heterocycles. The van der Waals surface area contributed by atoms with E-state index in [9.17, 15) is 4.79 Å². The molecular formula is C16H21N3O2S. The van der Waals surface area contributed by atoms with Gasteiger partial charge in [0.15, 0.2) is 0 Å². The van der Waals surface area contributed by atoms with E-state index in [1.165, 1.54) is 4.70 Å². The maximum Gasteiger partial charge on any atom is 0.317 e. The van der Waals surface area contributed by atoms with E-state index in [2.05, 4.69) is 16.4 Å². The van der Waals surface area contributed by atoms with Gasteiger partial charge in [-0.2, -0.15) is 0 Å². The van der Waals surface area contributed by atoms with E-state index in [0.717, 1.165) is 43.0 Å². The topological polar surface area (TPSA) is 54.5 Å². The van der Waals surface area contributed by atoms with Crippen LogP contribution >= 0.6 is 11.3 Å². The third kappa shape index (κ3) is 3.56.